The zero-order chi connectivity index (χ0) is 14.3. The first-order valence-electron chi connectivity index (χ1n) is 5.55. The van der Waals surface area contributed by atoms with Crippen molar-refractivity contribution in [2.24, 2.45) is 0 Å². The van der Waals surface area contributed by atoms with Crippen molar-refractivity contribution in [2.75, 3.05) is 25.1 Å². The Balaban J connectivity index is 2.57. The minimum Gasteiger partial charge on any atom is -0.375 e. The zero-order valence-electron chi connectivity index (χ0n) is 10.5. The van der Waals surface area contributed by atoms with Crippen molar-refractivity contribution in [3.05, 3.63) is 40.1 Å². The highest BCUT2D eigenvalue weighted by Crippen LogP contribution is 2.17. The predicted molar refractivity (Wildman–Crippen MR) is 69.7 cm³/mol. The van der Waals surface area contributed by atoms with Crippen LogP contribution in [0.4, 0.5) is 11.5 Å². The Bertz CT molecular complexity index is 522. The van der Waals surface area contributed by atoms with Crippen molar-refractivity contribution < 1.29 is 9.66 Å². The summed E-state index contributed by atoms with van der Waals surface area (Å²) in [6, 6.07) is 3.05. The topological polar surface area (TPSA) is 101 Å². The van der Waals surface area contributed by atoms with Crippen LogP contribution in [0.25, 0.3) is 0 Å². The Morgan fingerprint density at radius 3 is 3.05 bits per heavy atom. The quantitative estimate of drug-likeness (QED) is 0.348. The Morgan fingerprint density at radius 1 is 1.74 bits per heavy atom. The number of ether oxygens (including phenoxy) is 1. The maximum atomic E-state index is 10.6. The van der Waals surface area contributed by atoms with Gasteiger partial charge in [0.15, 0.2) is 0 Å². The molecule has 1 aromatic rings. The van der Waals surface area contributed by atoms with E-state index in [1.807, 2.05) is 13.0 Å². The molecule has 0 radical (unpaired) electrons. The largest absolute Gasteiger partial charge is 0.375 e. The second-order valence-corrected chi connectivity index (χ2v) is 3.90. The van der Waals surface area contributed by atoms with E-state index in [0.717, 1.165) is 11.8 Å². The first-order valence-corrected chi connectivity index (χ1v) is 5.55. The van der Waals surface area contributed by atoms with Gasteiger partial charge in [0.25, 0.3) is 5.69 Å². The van der Waals surface area contributed by atoms with Gasteiger partial charge < -0.3 is 10.1 Å². The molecule has 0 spiro atoms. The third kappa shape index (κ3) is 4.73. The lowest BCUT2D eigenvalue weighted by molar-refractivity contribution is -0.385. The van der Waals surface area contributed by atoms with Gasteiger partial charge in [0.1, 0.15) is 23.6 Å². The molecule has 1 aromatic heterocycles. The van der Waals surface area contributed by atoms with E-state index in [1.54, 1.807) is 0 Å². The molecule has 1 N–H and O–H groups in total. The second-order valence-electron chi connectivity index (χ2n) is 3.90. The van der Waals surface area contributed by atoms with Crippen LogP contribution < -0.4 is 5.32 Å². The third-order valence-corrected chi connectivity index (χ3v) is 2.09. The maximum Gasteiger partial charge on any atom is 0.289 e. The molecule has 7 heteroatoms. The molecule has 19 heavy (non-hydrogen) atoms. The van der Waals surface area contributed by atoms with Gasteiger partial charge in [-0.1, -0.05) is 12.2 Å². The van der Waals surface area contributed by atoms with Crippen molar-refractivity contribution in [3.63, 3.8) is 0 Å². The number of nitriles is 1. The highest BCUT2D eigenvalue weighted by Gasteiger charge is 2.11. The molecule has 0 bridgehead atoms. The number of nitrogens with one attached hydrogen (secondary N) is 1. The first-order chi connectivity index (χ1) is 9.04. The summed E-state index contributed by atoms with van der Waals surface area (Å²) >= 11 is 0. The summed E-state index contributed by atoms with van der Waals surface area (Å²) < 4.78 is 5.27. The van der Waals surface area contributed by atoms with Gasteiger partial charge in [-0.05, 0) is 6.92 Å². The average Bonchev–Trinajstić information content (AvgIpc) is 2.37. The molecule has 0 aliphatic rings. The number of nitrogens with zero attached hydrogens (tertiary/aromatic N) is 3. The molecule has 0 aliphatic heterocycles. The molecular formula is C12H14N4O3. The average molecular weight is 262 g/mol. The Kier molecular flexibility index (Phi) is 5.44. The maximum absolute atomic E-state index is 10.6. The fraction of sp³-hybridized carbons (Fsp3) is 0.333. The van der Waals surface area contributed by atoms with Gasteiger partial charge >= 0.3 is 0 Å². The van der Waals surface area contributed by atoms with Crippen molar-refractivity contribution in [3.8, 4) is 6.07 Å². The van der Waals surface area contributed by atoms with E-state index in [4.69, 9.17) is 10.00 Å². The van der Waals surface area contributed by atoms with Gasteiger partial charge in [-0.15, -0.1) is 0 Å². The van der Waals surface area contributed by atoms with E-state index < -0.39 is 4.92 Å². The van der Waals surface area contributed by atoms with Crippen LogP contribution in [-0.2, 0) is 4.74 Å². The fourth-order valence-corrected chi connectivity index (χ4v) is 1.27. The Hall–Kier alpha value is -2.46. The fourth-order valence-electron chi connectivity index (χ4n) is 1.27. The molecule has 7 nitrogen and oxygen atoms in total. The van der Waals surface area contributed by atoms with Crippen molar-refractivity contribution >= 4 is 11.5 Å². The lowest BCUT2D eigenvalue weighted by Gasteiger charge is -2.07. The highest BCUT2D eigenvalue weighted by atomic mass is 16.6. The molecule has 0 amide bonds. The smallest absolute Gasteiger partial charge is 0.289 e. The van der Waals surface area contributed by atoms with Crippen molar-refractivity contribution in [1.82, 2.24) is 4.98 Å². The summed E-state index contributed by atoms with van der Waals surface area (Å²) in [5.41, 5.74) is 0.848. The number of rotatable bonds is 7. The highest BCUT2D eigenvalue weighted by molar-refractivity contribution is 5.55. The molecule has 1 rings (SSSR count). The summed E-state index contributed by atoms with van der Waals surface area (Å²) in [5, 5.41) is 22.3. The number of aromatic nitrogens is 1. The van der Waals surface area contributed by atoms with Crippen LogP contribution in [0.2, 0.25) is 0 Å². The van der Waals surface area contributed by atoms with E-state index in [-0.39, 0.29) is 11.3 Å². The predicted octanol–water partition coefficient (Wildman–Crippen LogP) is 1.87. The second kappa shape index (κ2) is 7.08. The molecule has 0 aromatic carbocycles. The summed E-state index contributed by atoms with van der Waals surface area (Å²) in [4.78, 5) is 13.8. The molecule has 0 saturated heterocycles. The van der Waals surface area contributed by atoms with Gasteiger partial charge in [-0.25, -0.2) is 4.98 Å². The third-order valence-electron chi connectivity index (χ3n) is 2.09. The van der Waals surface area contributed by atoms with Gasteiger partial charge in [0.2, 0.25) is 0 Å². The Morgan fingerprint density at radius 2 is 2.47 bits per heavy atom. The lowest BCUT2D eigenvalue weighted by Crippen LogP contribution is -2.12. The van der Waals surface area contributed by atoms with Gasteiger partial charge in [0, 0.05) is 12.6 Å². The van der Waals surface area contributed by atoms with Gasteiger partial charge in [-0.2, -0.15) is 5.26 Å². The van der Waals surface area contributed by atoms with Gasteiger partial charge in [-0.3, -0.25) is 10.1 Å². The molecule has 100 valence electrons. The van der Waals surface area contributed by atoms with Crippen molar-refractivity contribution in [2.45, 2.75) is 6.92 Å². The molecule has 0 fully saturated rings. The number of nitro groups is 1. The zero-order valence-corrected chi connectivity index (χ0v) is 10.5. The van der Waals surface area contributed by atoms with E-state index in [2.05, 4.69) is 16.9 Å². The van der Waals surface area contributed by atoms with E-state index in [9.17, 15) is 10.1 Å². The Labute approximate surface area is 110 Å². The van der Waals surface area contributed by atoms with E-state index in [1.165, 1.54) is 6.07 Å². The van der Waals surface area contributed by atoms with Crippen LogP contribution in [0.5, 0.6) is 0 Å². The van der Waals surface area contributed by atoms with Crippen LogP contribution in [-0.4, -0.2) is 29.7 Å². The number of pyridine rings is 1. The monoisotopic (exact) mass is 262 g/mol. The standard InChI is InChI=1S/C12H14N4O3/c1-9(2)8-19-4-3-14-12-10(6-13)5-11(7-15-12)16(17)18/h5,7H,1,3-4,8H2,2H3,(H,14,15). The van der Waals surface area contributed by atoms with Crippen LogP contribution in [0.15, 0.2) is 24.4 Å². The molecular weight excluding hydrogens is 248 g/mol. The summed E-state index contributed by atoms with van der Waals surface area (Å²) in [6.07, 6.45) is 1.11. The van der Waals surface area contributed by atoms with Crippen LogP contribution in [0.3, 0.4) is 0 Å². The van der Waals surface area contributed by atoms with Crippen LogP contribution in [0, 0.1) is 21.4 Å². The van der Waals surface area contributed by atoms with E-state index >= 15 is 0 Å². The molecule has 1 heterocycles. The van der Waals surface area contributed by atoms with Crippen LogP contribution in [0.1, 0.15) is 12.5 Å². The normalized spacial score (nSPS) is 9.68. The molecule has 0 unspecified atom stereocenters. The summed E-state index contributed by atoms with van der Waals surface area (Å²) in [6.45, 7) is 6.91. The SMILES string of the molecule is C=C(C)COCCNc1ncc([N+](=O)[O-])cc1C#N. The minimum atomic E-state index is -0.590. The first kappa shape index (κ1) is 14.6. The number of anilines is 1. The van der Waals surface area contributed by atoms with Crippen LogP contribution >= 0.6 is 0 Å². The number of hydrogen-bond donors (Lipinski definition) is 1. The molecule has 0 saturated carbocycles. The van der Waals surface area contributed by atoms with Gasteiger partial charge in [0.05, 0.1) is 18.1 Å². The molecule has 0 atom stereocenters. The van der Waals surface area contributed by atoms with E-state index in [0.29, 0.717) is 25.6 Å². The number of hydrogen-bond acceptors (Lipinski definition) is 6. The lowest BCUT2D eigenvalue weighted by atomic mass is 10.2. The minimum absolute atomic E-state index is 0.133. The summed E-state index contributed by atoms with van der Waals surface area (Å²) in [5.74, 6) is 0.312. The summed E-state index contributed by atoms with van der Waals surface area (Å²) in [7, 11) is 0. The molecule has 0 aliphatic carbocycles. The van der Waals surface area contributed by atoms with Crippen molar-refractivity contribution in [1.29, 1.82) is 5.26 Å².